The van der Waals surface area contributed by atoms with Crippen LogP contribution in [0.25, 0.3) is 6.08 Å². The fraction of sp³-hybridized carbons (Fsp3) is 0. The van der Waals surface area contributed by atoms with Crippen LogP contribution in [0.5, 0.6) is 0 Å². The predicted molar refractivity (Wildman–Crippen MR) is 45.9 cm³/mol. The van der Waals surface area contributed by atoms with Crippen molar-refractivity contribution in [1.29, 1.82) is 10.5 Å². The topological polar surface area (TPSA) is 118 Å². The Hall–Kier alpha value is -1.09. The number of nitriles is 2. The van der Waals surface area contributed by atoms with Gasteiger partial charge in [0, 0.05) is 6.08 Å². The summed E-state index contributed by atoms with van der Waals surface area (Å²) in [4.78, 5) is 0. The molecule has 0 aliphatic heterocycles. The molecule has 1 aromatic heterocycles. The molecule has 1 aromatic rings. The molecule has 0 unspecified atom stereocenters. The zero-order chi connectivity index (χ0) is 11.5. The van der Waals surface area contributed by atoms with Gasteiger partial charge < -0.3 is 8.97 Å². The first-order chi connectivity index (χ1) is 6.97. The molecule has 0 amide bonds. The molecule has 76 valence electrons. The first kappa shape index (κ1) is 14.9. The van der Waals surface area contributed by atoms with Crippen molar-refractivity contribution in [1.82, 2.24) is 0 Å². The van der Waals surface area contributed by atoms with E-state index in [-0.39, 0.29) is 40.9 Å². The van der Waals surface area contributed by atoms with Crippen LogP contribution in [0.2, 0.25) is 0 Å². The molecule has 1 heterocycles. The summed E-state index contributed by atoms with van der Waals surface area (Å²) in [7, 11) is -4.64. The van der Waals surface area contributed by atoms with Crippen molar-refractivity contribution in [3.8, 4) is 12.1 Å². The quantitative estimate of drug-likeness (QED) is 0.326. The van der Waals surface area contributed by atoms with E-state index in [1.165, 1.54) is 6.07 Å². The maximum Gasteiger partial charge on any atom is 1.00 e. The van der Waals surface area contributed by atoms with Crippen LogP contribution >= 0.6 is 0 Å². The first-order valence-corrected chi connectivity index (χ1v) is 4.96. The van der Waals surface area contributed by atoms with Gasteiger partial charge in [-0.05, 0) is 12.1 Å². The van der Waals surface area contributed by atoms with Gasteiger partial charge in [-0.15, -0.1) is 0 Å². The Labute approximate surface area is 114 Å². The summed E-state index contributed by atoms with van der Waals surface area (Å²) in [5, 5.41) is 16.0. The van der Waals surface area contributed by atoms with Crippen LogP contribution in [0.15, 0.2) is 27.2 Å². The second kappa shape index (κ2) is 5.85. The van der Waals surface area contributed by atoms with Crippen LogP contribution in [0.4, 0.5) is 0 Å². The average molecular weight is 246 g/mol. The number of rotatable bonds is 2. The third-order valence-electron chi connectivity index (χ3n) is 1.38. The van der Waals surface area contributed by atoms with Crippen LogP contribution in [0.3, 0.4) is 0 Å². The van der Waals surface area contributed by atoms with Gasteiger partial charge in [-0.1, -0.05) is 0 Å². The largest absolute Gasteiger partial charge is 1.00 e. The van der Waals surface area contributed by atoms with E-state index in [1.807, 2.05) is 0 Å². The number of furan rings is 1. The molecule has 0 bridgehead atoms. The van der Waals surface area contributed by atoms with Gasteiger partial charge in [-0.25, -0.2) is 8.42 Å². The van der Waals surface area contributed by atoms with Gasteiger partial charge >= 0.3 is 29.6 Å². The Bertz CT molecular complexity index is 572. The number of nitrogens with zero attached hydrogens (tertiary/aromatic N) is 2. The van der Waals surface area contributed by atoms with Gasteiger partial charge in [-0.3, -0.25) is 0 Å². The van der Waals surface area contributed by atoms with E-state index in [9.17, 15) is 13.0 Å². The minimum absolute atomic E-state index is 0. The summed E-state index contributed by atoms with van der Waals surface area (Å²) in [6, 6.07) is 5.26. The van der Waals surface area contributed by atoms with E-state index in [0.29, 0.717) is 0 Å². The minimum atomic E-state index is -4.64. The molecule has 0 aliphatic rings. The van der Waals surface area contributed by atoms with E-state index < -0.39 is 15.2 Å². The molecule has 6 nitrogen and oxygen atoms in total. The summed E-state index contributed by atoms with van der Waals surface area (Å²) in [6.07, 6.45) is 1.04. The molecule has 0 saturated carbocycles. The van der Waals surface area contributed by atoms with Gasteiger partial charge in [0.2, 0.25) is 5.09 Å². The molecule has 0 aromatic carbocycles. The molecule has 0 atom stereocenters. The number of allylic oxidation sites excluding steroid dienone is 1. The maximum atomic E-state index is 10.5. The summed E-state index contributed by atoms with van der Waals surface area (Å²) >= 11 is 0. The summed E-state index contributed by atoms with van der Waals surface area (Å²) in [5.74, 6) is -0.0393. The van der Waals surface area contributed by atoms with Crippen molar-refractivity contribution in [2.45, 2.75) is 5.09 Å². The molecule has 0 fully saturated rings. The fourth-order valence-corrected chi connectivity index (χ4v) is 1.21. The zero-order valence-electron chi connectivity index (χ0n) is 8.17. The molecular formula is C8H3N2NaO4S. The molecule has 1 rings (SSSR count). The summed E-state index contributed by atoms with van der Waals surface area (Å²) in [5.41, 5.74) is -0.251. The first-order valence-electron chi connectivity index (χ1n) is 3.55. The summed E-state index contributed by atoms with van der Waals surface area (Å²) < 4.78 is 36.0. The monoisotopic (exact) mass is 246 g/mol. The minimum Gasteiger partial charge on any atom is -0.742 e. The van der Waals surface area contributed by atoms with Gasteiger partial charge in [0.15, 0.2) is 10.1 Å². The predicted octanol–water partition coefficient (Wildman–Crippen LogP) is -2.38. The third kappa shape index (κ3) is 3.81. The van der Waals surface area contributed by atoms with Crippen molar-refractivity contribution in [3.63, 3.8) is 0 Å². The number of hydrogen-bond donors (Lipinski definition) is 0. The van der Waals surface area contributed by atoms with Crippen LogP contribution in [-0.2, 0) is 10.1 Å². The second-order valence-corrected chi connectivity index (χ2v) is 3.70. The Morgan fingerprint density at radius 1 is 1.38 bits per heavy atom. The molecule has 8 heteroatoms. The molecular weight excluding hydrogens is 243 g/mol. The Kier molecular flexibility index (Phi) is 5.45. The van der Waals surface area contributed by atoms with Gasteiger partial charge in [0.25, 0.3) is 0 Å². The smallest absolute Gasteiger partial charge is 0.742 e. The van der Waals surface area contributed by atoms with Crippen molar-refractivity contribution >= 4 is 16.2 Å². The standard InChI is InChI=1S/C8H4N2O4S.Na/c9-4-6(5-10)3-7-1-2-8(14-7)15(11,12)13;/h1-3H,(H,11,12,13);/q;+1/p-1. The Balaban J connectivity index is 0.00000225. The molecule has 0 spiro atoms. The van der Waals surface area contributed by atoms with Gasteiger partial charge in [-0.2, -0.15) is 10.5 Å². The molecule has 0 N–H and O–H groups in total. The zero-order valence-corrected chi connectivity index (χ0v) is 11.0. The van der Waals surface area contributed by atoms with Crippen LogP contribution < -0.4 is 29.6 Å². The molecule has 0 radical (unpaired) electrons. The van der Waals surface area contributed by atoms with Crippen molar-refractivity contribution < 1.29 is 46.9 Å². The van der Waals surface area contributed by atoms with Crippen molar-refractivity contribution in [2.24, 2.45) is 0 Å². The number of hydrogen-bond acceptors (Lipinski definition) is 6. The third-order valence-corrected chi connectivity index (χ3v) is 2.09. The average Bonchev–Trinajstić information content (AvgIpc) is 2.61. The van der Waals surface area contributed by atoms with Gasteiger partial charge in [0.1, 0.15) is 23.5 Å². The normalized spacial score (nSPS) is 9.44. The maximum absolute atomic E-state index is 10.5. The summed E-state index contributed by atoms with van der Waals surface area (Å²) in [6.45, 7) is 0. The van der Waals surface area contributed by atoms with Crippen LogP contribution in [-0.4, -0.2) is 13.0 Å². The van der Waals surface area contributed by atoms with E-state index in [1.54, 1.807) is 12.1 Å². The second-order valence-electron chi connectivity index (χ2n) is 2.39. The SMILES string of the molecule is N#CC(C#N)=Cc1ccc(S(=O)(=O)[O-])o1.[Na+]. The molecule has 0 saturated heterocycles. The fourth-order valence-electron chi connectivity index (χ4n) is 0.778. The Morgan fingerprint density at radius 2 is 1.94 bits per heavy atom. The van der Waals surface area contributed by atoms with Gasteiger partial charge in [0.05, 0.1) is 0 Å². The van der Waals surface area contributed by atoms with E-state index in [4.69, 9.17) is 10.5 Å². The molecule has 16 heavy (non-hydrogen) atoms. The van der Waals surface area contributed by atoms with E-state index in [0.717, 1.165) is 12.1 Å². The van der Waals surface area contributed by atoms with Crippen molar-refractivity contribution in [3.05, 3.63) is 23.5 Å². The molecule has 0 aliphatic carbocycles. The van der Waals surface area contributed by atoms with Crippen LogP contribution in [0, 0.1) is 22.7 Å². The van der Waals surface area contributed by atoms with E-state index >= 15 is 0 Å². The van der Waals surface area contributed by atoms with Crippen LogP contribution in [0.1, 0.15) is 5.76 Å². The Morgan fingerprint density at radius 3 is 2.31 bits per heavy atom. The van der Waals surface area contributed by atoms with E-state index in [2.05, 4.69) is 4.42 Å². The van der Waals surface area contributed by atoms with Crippen molar-refractivity contribution in [2.75, 3.05) is 0 Å².